The Balaban J connectivity index is 2.10. The van der Waals surface area contributed by atoms with Gasteiger partial charge in [0.05, 0.1) is 0 Å². The monoisotopic (exact) mass is 256 g/mol. The van der Waals surface area contributed by atoms with Crippen molar-refractivity contribution in [2.24, 2.45) is 0 Å². The molecule has 0 fully saturated rings. The lowest BCUT2D eigenvalue weighted by atomic mass is 10.0. The van der Waals surface area contributed by atoms with E-state index in [0.717, 1.165) is 12.0 Å². The number of hydrogen-bond acceptors (Lipinski definition) is 2. The van der Waals surface area contributed by atoms with Gasteiger partial charge in [0, 0.05) is 10.5 Å². The van der Waals surface area contributed by atoms with Gasteiger partial charge in [-0.3, -0.25) is 4.79 Å². The van der Waals surface area contributed by atoms with Gasteiger partial charge in [0.2, 0.25) is 0 Å². The number of ketones is 1. The van der Waals surface area contributed by atoms with Crippen LogP contribution in [0.15, 0.2) is 53.4 Å². The first-order chi connectivity index (χ1) is 8.69. The standard InChI is InChI=1S/C16H16OS/c1-12(17)15-7-3-13(4-8-15)11-14-5-9-16(18-2)10-6-14/h3-10H,11H2,1-2H3. The normalized spacial score (nSPS) is 10.3. The minimum atomic E-state index is 0.117. The molecule has 0 atom stereocenters. The summed E-state index contributed by atoms with van der Waals surface area (Å²) in [6.07, 6.45) is 2.99. The van der Waals surface area contributed by atoms with Crippen LogP contribution in [0.5, 0.6) is 0 Å². The number of Topliss-reactive ketones (excluding diaryl/α,β-unsaturated/α-hetero) is 1. The molecule has 0 radical (unpaired) electrons. The molecule has 0 amide bonds. The van der Waals surface area contributed by atoms with Gasteiger partial charge in [-0.1, -0.05) is 36.4 Å². The first kappa shape index (κ1) is 12.9. The van der Waals surface area contributed by atoms with Crippen LogP contribution in [-0.4, -0.2) is 12.0 Å². The van der Waals surface area contributed by atoms with Crippen molar-refractivity contribution in [2.75, 3.05) is 6.26 Å². The van der Waals surface area contributed by atoms with E-state index in [4.69, 9.17) is 0 Å². The van der Waals surface area contributed by atoms with Gasteiger partial charge in [0.1, 0.15) is 0 Å². The molecule has 0 aliphatic heterocycles. The third-order valence-corrected chi connectivity index (χ3v) is 3.67. The molecule has 18 heavy (non-hydrogen) atoms. The van der Waals surface area contributed by atoms with E-state index >= 15 is 0 Å². The highest BCUT2D eigenvalue weighted by Gasteiger charge is 2.00. The second-order valence-electron chi connectivity index (χ2n) is 4.28. The van der Waals surface area contributed by atoms with Crippen molar-refractivity contribution in [3.63, 3.8) is 0 Å². The van der Waals surface area contributed by atoms with E-state index in [0.29, 0.717) is 0 Å². The van der Waals surface area contributed by atoms with Gasteiger partial charge in [-0.2, -0.15) is 0 Å². The van der Waals surface area contributed by atoms with Crippen LogP contribution in [0.3, 0.4) is 0 Å². The summed E-state index contributed by atoms with van der Waals surface area (Å²) in [7, 11) is 0. The lowest BCUT2D eigenvalue weighted by molar-refractivity contribution is 0.101. The van der Waals surface area contributed by atoms with Crippen LogP contribution in [0, 0.1) is 0 Å². The van der Waals surface area contributed by atoms with Gasteiger partial charge >= 0.3 is 0 Å². The van der Waals surface area contributed by atoms with Crippen molar-refractivity contribution in [1.29, 1.82) is 0 Å². The summed E-state index contributed by atoms with van der Waals surface area (Å²) in [5.74, 6) is 0.117. The molecule has 0 spiro atoms. The van der Waals surface area contributed by atoms with Gasteiger partial charge < -0.3 is 0 Å². The predicted molar refractivity (Wildman–Crippen MR) is 77.5 cm³/mol. The Labute approximate surface area is 112 Å². The summed E-state index contributed by atoms with van der Waals surface area (Å²) in [5, 5.41) is 0. The molecule has 2 aromatic carbocycles. The number of rotatable bonds is 4. The Kier molecular flexibility index (Phi) is 4.21. The third kappa shape index (κ3) is 3.23. The van der Waals surface area contributed by atoms with Gasteiger partial charge in [-0.15, -0.1) is 11.8 Å². The average Bonchev–Trinajstić information content (AvgIpc) is 2.40. The van der Waals surface area contributed by atoms with Gasteiger partial charge in [0.25, 0.3) is 0 Å². The molecule has 2 rings (SSSR count). The SMILES string of the molecule is CSc1ccc(Cc2ccc(C(C)=O)cc2)cc1. The fourth-order valence-electron chi connectivity index (χ4n) is 1.84. The van der Waals surface area contributed by atoms with Crippen molar-refractivity contribution < 1.29 is 4.79 Å². The Morgan fingerprint density at radius 3 is 1.89 bits per heavy atom. The fraction of sp³-hybridized carbons (Fsp3) is 0.188. The largest absolute Gasteiger partial charge is 0.295 e. The summed E-state index contributed by atoms with van der Waals surface area (Å²) >= 11 is 1.75. The summed E-state index contributed by atoms with van der Waals surface area (Å²) in [4.78, 5) is 12.5. The zero-order valence-electron chi connectivity index (χ0n) is 10.6. The lowest BCUT2D eigenvalue weighted by Crippen LogP contribution is -1.93. The van der Waals surface area contributed by atoms with Crippen molar-refractivity contribution in [1.82, 2.24) is 0 Å². The molecule has 2 aromatic rings. The number of carbonyl (C=O) groups excluding carboxylic acids is 1. The van der Waals surface area contributed by atoms with E-state index in [1.54, 1.807) is 18.7 Å². The van der Waals surface area contributed by atoms with E-state index in [2.05, 4.69) is 30.5 Å². The minimum absolute atomic E-state index is 0.117. The van der Waals surface area contributed by atoms with Crippen LogP contribution >= 0.6 is 11.8 Å². The number of carbonyl (C=O) groups is 1. The molecule has 0 aromatic heterocycles. The van der Waals surface area contributed by atoms with Gasteiger partial charge in [-0.05, 0) is 42.9 Å². The fourth-order valence-corrected chi connectivity index (χ4v) is 2.24. The molecule has 0 bridgehead atoms. The summed E-state index contributed by atoms with van der Waals surface area (Å²) in [6, 6.07) is 16.4. The molecular weight excluding hydrogens is 240 g/mol. The van der Waals surface area contributed by atoms with E-state index in [-0.39, 0.29) is 5.78 Å². The number of hydrogen-bond donors (Lipinski definition) is 0. The molecule has 2 heteroatoms. The summed E-state index contributed by atoms with van der Waals surface area (Å²) < 4.78 is 0. The van der Waals surface area contributed by atoms with Crippen molar-refractivity contribution in [3.8, 4) is 0 Å². The number of thioether (sulfide) groups is 1. The molecule has 1 nitrogen and oxygen atoms in total. The first-order valence-corrected chi connectivity index (χ1v) is 7.14. The van der Waals surface area contributed by atoms with Crippen LogP contribution in [0.2, 0.25) is 0 Å². The van der Waals surface area contributed by atoms with E-state index < -0.39 is 0 Å². The smallest absolute Gasteiger partial charge is 0.159 e. The molecule has 0 saturated heterocycles. The molecule has 92 valence electrons. The topological polar surface area (TPSA) is 17.1 Å². The van der Waals surface area contributed by atoms with Crippen molar-refractivity contribution in [2.45, 2.75) is 18.2 Å². The van der Waals surface area contributed by atoms with Crippen LogP contribution in [-0.2, 0) is 6.42 Å². The predicted octanol–water partition coefficient (Wildman–Crippen LogP) is 4.20. The number of benzene rings is 2. The van der Waals surface area contributed by atoms with Gasteiger partial charge in [-0.25, -0.2) is 0 Å². The zero-order valence-corrected chi connectivity index (χ0v) is 11.5. The van der Waals surface area contributed by atoms with E-state index in [1.807, 2.05) is 24.3 Å². The maximum absolute atomic E-state index is 11.2. The zero-order chi connectivity index (χ0) is 13.0. The summed E-state index contributed by atoms with van der Waals surface area (Å²) in [6.45, 7) is 1.59. The van der Waals surface area contributed by atoms with Crippen molar-refractivity contribution in [3.05, 3.63) is 65.2 Å². The van der Waals surface area contributed by atoms with E-state index in [1.165, 1.54) is 16.0 Å². The quantitative estimate of drug-likeness (QED) is 0.602. The Morgan fingerprint density at radius 1 is 0.944 bits per heavy atom. The van der Waals surface area contributed by atoms with Crippen LogP contribution in [0.1, 0.15) is 28.4 Å². The van der Waals surface area contributed by atoms with Gasteiger partial charge in [0.15, 0.2) is 5.78 Å². The van der Waals surface area contributed by atoms with Crippen molar-refractivity contribution >= 4 is 17.5 Å². The highest BCUT2D eigenvalue weighted by atomic mass is 32.2. The molecule has 0 aliphatic rings. The second-order valence-corrected chi connectivity index (χ2v) is 5.16. The highest BCUT2D eigenvalue weighted by molar-refractivity contribution is 7.98. The maximum Gasteiger partial charge on any atom is 0.159 e. The summed E-state index contributed by atoms with van der Waals surface area (Å²) in [5.41, 5.74) is 3.30. The second kappa shape index (κ2) is 5.87. The van der Waals surface area contributed by atoms with E-state index in [9.17, 15) is 4.79 Å². The Morgan fingerprint density at radius 2 is 1.44 bits per heavy atom. The van der Waals surface area contributed by atoms with Crippen LogP contribution in [0.25, 0.3) is 0 Å². The Bertz CT molecular complexity index is 526. The molecule has 0 heterocycles. The molecule has 0 N–H and O–H groups in total. The van der Waals surface area contributed by atoms with Crippen LogP contribution < -0.4 is 0 Å². The average molecular weight is 256 g/mol. The Hall–Kier alpha value is -1.54. The third-order valence-electron chi connectivity index (χ3n) is 2.93. The molecular formula is C16H16OS. The maximum atomic E-state index is 11.2. The first-order valence-electron chi connectivity index (χ1n) is 5.92. The minimum Gasteiger partial charge on any atom is -0.295 e. The molecule has 0 unspecified atom stereocenters. The highest BCUT2D eigenvalue weighted by Crippen LogP contribution is 2.17. The van der Waals surface area contributed by atoms with Crippen LogP contribution in [0.4, 0.5) is 0 Å². The molecule has 0 aliphatic carbocycles. The molecule has 0 saturated carbocycles. The lowest BCUT2D eigenvalue weighted by Gasteiger charge is -2.04.